The first-order valence-corrected chi connectivity index (χ1v) is 21.1. The summed E-state index contributed by atoms with van der Waals surface area (Å²) in [5, 5.41) is 5.28. The summed E-state index contributed by atoms with van der Waals surface area (Å²) in [5.74, 6) is 0.599. The Hall–Kier alpha value is -5.92. The van der Waals surface area contributed by atoms with Gasteiger partial charge in [-0.15, -0.1) is 0 Å². The number of nitrogens with zero attached hydrogens (tertiary/aromatic N) is 1. The van der Waals surface area contributed by atoms with Crippen molar-refractivity contribution in [2.75, 3.05) is 4.90 Å². The highest BCUT2D eigenvalue weighted by molar-refractivity contribution is 6.13. The molecule has 3 aliphatic carbocycles. The quantitative estimate of drug-likeness (QED) is 0.170. The molecule has 1 nitrogen and oxygen atoms in total. The second-order valence-corrected chi connectivity index (χ2v) is 17.9. The SMILES string of the molecule is CC1(C)c2ccccc2-c2ccc(N(c3cccc4c3-c3ccccc3C4(C)C)c3ccc4c(C5CCCCC5)cccc4c3-c3cccc4ccccc34)cc21. The lowest BCUT2D eigenvalue weighted by Crippen LogP contribution is -2.18. The molecule has 0 aromatic heterocycles. The summed E-state index contributed by atoms with van der Waals surface area (Å²) in [7, 11) is 0. The Labute approximate surface area is 337 Å². The second kappa shape index (κ2) is 12.8. The molecule has 8 aromatic carbocycles. The predicted octanol–water partition coefficient (Wildman–Crippen LogP) is 15.8. The maximum Gasteiger partial charge on any atom is 0.0546 e. The first-order chi connectivity index (χ1) is 27.8. The lowest BCUT2D eigenvalue weighted by Gasteiger charge is -2.33. The monoisotopic (exact) mass is 735 g/mol. The van der Waals surface area contributed by atoms with Gasteiger partial charge in [0, 0.05) is 27.6 Å². The molecule has 0 aliphatic heterocycles. The van der Waals surface area contributed by atoms with E-state index in [0.29, 0.717) is 5.92 Å². The zero-order valence-corrected chi connectivity index (χ0v) is 33.6. The first-order valence-electron chi connectivity index (χ1n) is 21.1. The van der Waals surface area contributed by atoms with Gasteiger partial charge in [0.05, 0.1) is 11.4 Å². The summed E-state index contributed by atoms with van der Waals surface area (Å²) in [5.41, 5.74) is 18.4. The van der Waals surface area contributed by atoms with Gasteiger partial charge in [-0.05, 0) is 115 Å². The number of fused-ring (bicyclic) bond motifs is 8. The Kier molecular flexibility index (Phi) is 7.71. The van der Waals surface area contributed by atoms with E-state index in [1.807, 2.05) is 0 Å². The molecule has 0 amide bonds. The molecule has 3 aliphatic rings. The molecular formula is C56H49N. The van der Waals surface area contributed by atoms with Crippen LogP contribution in [0, 0.1) is 0 Å². The normalized spacial score (nSPS) is 16.3. The molecule has 57 heavy (non-hydrogen) atoms. The average Bonchev–Trinajstić information content (AvgIpc) is 3.63. The van der Waals surface area contributed by atoms with E-state index in [4.69, 9.17) is 0 Å². The van der Waals surface area contributed by atoms with Crippen molar-refractivity contribution < 1.29 is 0 Å². The highest BCUT2D eigenvalue weighted by Gasteiger charge is 2.39. The summed E-state index contributed by atoms with van der Waals surface area (Å²) in [6.07, 6.45) is 6.53. The minimum Gasteiger partial charge on any atom is -0.309 e. The molecule has 0 bridgehead atoms. The Morgan fingerprint density at radius 3 is 1.86 bits per heavy atom. The molecule has 0 radical (unpaired) electrons. The van der Waals surface area contributed by atoms with Gasteiger partial charge in [0.2, 0.25) is 0 Å². The molecule has 8 aromatic rings. The smallest absolute Gasteiger partial charge is 0.0546 e. The van der Waals surface area contributed by atoms with Crippen LogP contribution in [0.4, 0.5) is 17.1 Å². The van der Waals surface area contributed by atoms with Gasteiger partial charge >= 0.3 is 0 Å². The zero-order chi connectivity index (χ0) is 38.5. The van der Waals surface area contributed by atoms with Crippen LogP contribution < -0.4 is 4.90 Å². The highest BCUT2D eigenvalue weighted by Crippen LogP contribution is 2.57. The maximum atomic E-state index is 2.63. The highest BCUT2D eigenvalue weighted by atomic mass is 15.1. The van der Waals surface area contributed by atoms with Crippen LogP contribution in [0.3, 0.4) is 0 Å². The van der Waals surface area contributed by atoms with Crippen LogP contribution >= 0.6 is 0 Å². The van der Waals surface area contributed by atoms with Crippen molar-refractivity contribution in [3.8, 4) is 33.4 Å². The molecule has 0 N–H and O–H groups in total. The van der Waals surface area contributed by atoms with E-state index in [1.165, 1.54) is 132 Å². The predicted molar refractivity (Wildman–Crippen MR) is 243 cm³/mol. The number of benzene rings is 8. The van der Waals surface area contributed by atoms with Gasteiger partial charge in [-0.1, -0.05) is 180 Å². The molecule has 1 saturated carbocycles. The van der Waals surface area contributed by atoms with Crippen molar-refractivity contribution in [3.05, 3.63) is 186 Å². The summed E-state index contributed by atoms with van der Waals surface area (Å²) in [6.45, 7) is 9.58. The van der Waals surface area contributed by atoms with Crippen LogP contribution in [-0.4, -0.2) is 0 Å². The molecule has 278 valence electrons. The lowest BCUT2D eigenvalue weighted by molar-refractivity contribution is 0.445. The van der Waals surface area contributed by atoms with Crippen molar-refractivity contribution in [1.29, 1.82) is 0 Å². The lowest BCUT2D eigenvalue weighted by atomic mass is 9.80. The minimum atomic E-state index is -0.127. The van der Waals surface area contributed by atoms with Gasteiger partial charge in [0.25, 0.3) is 0 Å². The Morgan fingerprint density at radius 2 is 1.02 bits per heavy atom. The summed E-state index contributed by atoms with van der Waals surface area (Å²) < 4.78 is 0. The molecular weight excluding hydrogens is 687 g/mol. The van der Waals surface area contributed by atoms with Crippen molar-refractivity contribution in [2.45, 2.75) is 76.5 Å². The van der Waals surface area contributed by atoms with Gasteiger partial charge in [0.1, 0.15) is 0 Å². The van der Waals surface area contributed by atoms with E-state index in [2.05, 4.69) is 190 Å². The molecule has 0 heterocycles. The minimum absolute atomic E-state index is 0.119. The largest absolute Gasteiger partial charge is 0.309 e. The van der Waals surface area contributed by atoms with Crippen molar-refractivity contribution in [2.24, 2.45) is 0 Å². The molecule has 0 spiro atoms. The fourth-order valence-electron chi connectivity index (χ4n) is 11.2. The number of hydrogen-bond donors (Lipinski definition) is 0. The Balaban J connectivity index is 1.25. The van der Waals surface area contributed by atoms with E-state index in [1.54, 1.807) is 0 Å². The topological polar surface area (TPSA) is 3.24 Å². The van der Waals surface area contributed by atoms with Gasteiger partial charge in [-0.3, -0.25) is 0 Å². The van der Waals surface area contributed by atoms with Crippen LogP contribution in [0.1, 0.15) is 93.5 Å². The molecule has 11 rings (SSSR count). The van der Waals surface area contributed by atoms with E-state index in [0.717, 1.165) is 0 Å². The number of anilines is 3. The fourth-order valence-corrected chi connectivity index (χ4v) is 11.2. The first kappa shape index (κ1) is 34.3. The molecule has 0 saturated heterocycles. The third-order valence-corrected chi connectivity index (χ3v) is 14.1. The second-order valence-electron chi connectivity index (χ2n) is 17.9. The van der Waals surface area contributed by atoms with Gasteiger partial charge < -0.3 is 4.90 Å². The number of hydrogen-bond acceptors (Lipinski definition) is 1. The molecule has 1 heteroatoms. The average molecular weight is 736 g/mol. The Bertz CT molecular complexity index is 2890. The molecule has 1 fully saturated rings. The maximum absolute atomic E-state index is 2.63. The van der Waals surface area contributed by atoms with E-state index in [-0.39, 0.29) is 10.8 Å². The van der Waals surface area contributed by atoms with Gasteiger partial charge in [-0.25, -0.2) is 0 Å². The van der Waals surface area contributed by atoms with Crippen molar-refractivity contribution in [1.82, 2.24) is 0 Å². The molecule has 0 atom stereocenters. The van der Waals surface area contributed by atoms with Gasteiger partial charge in [0.15, 0.2) is 0 Å². The van der Waals surface area contributed by atoms with E-state index in [9.17, 15) is 0 Å². The summed E-state index contributed by atoms with van der Waals surface area (Å²) in [6, 6.07) is 60.3. The van der Waals surface area contributed by atoms with Crippen LogP contribution in [0.15, 0.2) is 158 Å². The van der Waals surface area contributed by atoms with E-state index >= 15 is 0 Å². The van der Waals surface area contributed by atoms with Crippen LogP contribution in [0.5, 0.6) is 0 Å². The van der Waals surface area contributed by atoms with Crippen LogP contribution in [-0.2, 0) is 10.8 Å². The molecule has 0 unspecified atom stereocenters. The number of rotatable bonds is 5. The van der Waals surface area contributed by atoms with Crippen LogP contribution in [0.2, 0.25) is 0 Å². The van der Waals surface area contributed by atoms with Crippen molar-refractivity contribution in [3.63, 3.8) is 0 Å². The van der Waals surface area contributed by atoms with Crippen molar-refractivity contribution >= 4 is 38.6 Å². The third-order valence-electron chi connectivity index (χ3n) is 14.1. The zero-order valence-electron chi connectivity index (χ0n) is 33.6. The standard InChI is InChI=1S/C56H49N/c1-55(2)48-28-13-11-23-46(48)54-49(55)29-16-30-51(54)57(38-31-32-43-42-22-10-12-27-47(42)56(3,4)50(43)35-38)52-34-33-41-39(36-17-6-5-7-18-36)24-15-26-45(41)53(52)44-25-14-20-37-19-8-9-21-40(37)44/h8-16,19-36H,5-7,17-18H2,1-4H3. The van der Waals surface area contributed by atoms with Gasteiger partial charge in [-0.2, -0.15) is 0 Å². The van der Waals surface area contributed by atoms with Crippen LogP contribution in [0.25, 0.3) is 54.9 Å². The summed E-state index contributed by atoms with van der Waals surface area (Å²) in [4.78, 5) is 2.63. The van der Waals surface area contributed by atoms with E-state index < -0.39 is 0 Å². The third kappa shape index (κ3) is 5.07. The Morgan fingerprint density at radius 1 is 0.421 bits per heavy atom. The fraction of sp³-hybridized carbons (Fsp3) is 0.214. The summed E-state index contributed by atoms with van der Waals surface area (Å²) >= 11 is 0.